The normalized spacial score (nSPS) is 16.4. The predicted molar refractivity (Wildman–Crippen MR) is 94.2 cm³/mol. The Morgan fingerprint density at radius 3 is 2.71 bits per heavy atom. The molecular weight excluding hydrogens is 276 g/mol. The summed E-state index contributed by atoms with van der Waals surface area (Å²) in [6.45, 7) is 9.44. The summed E-state index contributed by atoms with van der Waals surface area (Å²) in [5, 5.41) is 5.80. The smallest absolute Gasteiger partial charge is 0.0110 e. The van der Waals surface area contributed by atoms with Crippen LogP contribution < -0.4 is 5.32 Å². The quantitative estimate of drug-likeness (QED) is 0.653. The summed E-state index contributed by atoms with van der Waals surface area (Å²) < 4.78 is 0. The Morgan fingerprint density at radius 2 is 2.05 bits per heavy atom. The summed E-state index contributed by atoms with van der Waals surface area (Å²) >= 11 is 1.87. The summed E-state index contributed by atoms with van der Waals surface area (Å²) in [6, 6.07) is 5.25. The van der Waals surface area contributed by atoms with Crippen LogP contribution in [0.15, 0.2) is 17.5 Å². The summed E-state index contributed by atoms with van der Waals surface area (Å²) in [6.07, 6.45) is 8.24. The van der Waals surface area contributed by atoms with Gasteiger partial charge in [-0.3, -0.25) is 4.90 Å². The van der Waals surface area contributed by atoms with Gasteiger partial charge in [-0.25, -0.2) is 0 Å². The highest BCUT2D eigenvalue weighted by Gasteiger charge is 2.21. The molecule has 2 nitrogen and oxygen atoms in total. The largest absolute Gasteiger partial charge is 0.315 e. The third kappa shape index (κ3) is 6.50. The average molecular weight is 309 g/mol. The van der Waals surface area contributed by atoms with Gasteiger partial charge in [-0.2, -0.15) is 0 Å². The molecule has 1 fully saturated rings. The van der Waals surface area contributed by atoms with E-state index in [0.717, 1.165) is 25.0 Å². The molecule has 1 N–H and O–H groups in total. The molecule has 0 aliphatic heterocycles. The minimum absolute atomic E-state index is 0.820. The molecule has 0 aromatic carbocycles. The number of rotatable bonds is 10. The van der Waals surface area contributed by atoms with Crippen LogP contribution >= 0.6 is 11.3 Å². The first-order valence-corrected chi connectivity index (χ1v) is 9.61. The van der Waals surface area contributed by atoms with E-state index in [1.54, 1.807) is 0 Å². The first-order valence-electron chi connectivity index (χ1n) is 8.73. The molecule has 0 radical (unpaired) electrons. The standard InChI is InChI=1S/C18H32N2S/c1-16(2)10-13-20(17-6-3-4-7-17)14-12-19-11-9-18-8-5-15-21-18/h5,8,15-17,19H,3-4,6-7,9-14H2,1-2H3. The fourth-order valence-corrected chi connectivity index (χ4v) is 3.89. The van der Waals surface area contributed by atoms with Gasteiger partial charge >= 0.3 is 0 Å². The highest BCUT2D eigenvalue weighted by atomic mass is 32.1. The van der Waals surface area contributed by atoms with Crippen molar-refractivity contribution < 1.29 is 0 Å². The Kier molecular flexibility index (Phi) is 7.76. The lowest BCUT2D eigenvalue weighted by Gasteiger charge is -2.29. The van der Waals surface area contributed by atoms with E-state index in [-0.39, 0.29) is 0 Å². The van der Waals surface area contributed by atoms with E-state index in [1.807, 2.05) is 11.3 Å². The fraction of sp³-hybridized carbons (Fsp3) is 0.778. The van der Waals surface area contributed by atoms with Crippen molar-refractivity contribution in [2.45, 2.75) is 58.4 Å². The lowest BCUT2D eigenvalue weighted by Crippen LogP contribution is -2.39. The van der Waals surface area contributed by atoms with Crippen LogP contribution in [0.4, 0.5) is 0 Å². The van der Waals surface area contributed by atoms with Crippen LogP contribution in [0, 0.1) is 5.92 Å². The van der Waals surface area contributed by atoms with Gasteiger partial charge in [-0.1, -0.05) is 32.8 Å². The third-order valence-electron chi connectivity index (χ3n) is 4.54. The van der Waals surface area contributed by atoms with Crippen molar-refractivity contribution in [3.63, 3.8) is 0 Å². The van der Waals surface area contributed by atoms with E-state index < -0.39 is 0 Å². The second-order valence-corrected chi connectivity index (χ2v) is 7.77. The van der Waals surface area contributed by atoms with Gasteiger partial charge < -0.3 is 5.32 Å². The summed E-state index contributed by atoms with van der Waals surface area (Å²) in [4.78, 5) is 4.25. The molecule has 1 aliphatic carbocycles. The van der Waals surface area contributed by atoms with Crippen LogP contribution in [0.25, 0.3) is 0 Å². The van der Waals surface area contributed by atoms with Crippen LogP contribution in [0.2, 0.25) is 0 Å². The van der Waals surface area contributed by atoms with Crippen molar-refractivity contribution in [2.75, 3.05) is 26.2 Å². The molecule has 1 aromatic rings. The van der Waals surface area contributed by atoms with Crippen LogP contribution in [-0.2, 0) is 6.42 Å². The van der Waals surface area contributed by atoms with Crippen molar-refractivity contribution in [3.8, 4) is 0 Å². The molecule has 2 rings (SSSR count). The summed E-state index contributed by atoms with van der Waals surface area (Å²) in [7, 11) is 0. The number of nitrogens with one attached hydrogen (secondary N) is 1. The molecule has 0 atom stereocenters. The van der Waals surface area contributed by atoms with Crippen molar-refractivity contribution in [3.05, 3.63) is 22.4 Å². The van der Waals surface area contributed by atoms with Crippen molar-refractivity contribution in [1.29, 1.82) is 0 Å². The maximum Gasteiger partial charge on any atom is 0.0110 e. The predicted octanol–water partition coefficient (Wildman–Crippen LogP) is 4.17. The third-order valence-corrected chi connectivity index (χ3v) is 5.48. The van der Waals surface area contributed by atoms with Crippen LogP contribution in [0.5, 0.6) is 0 Å². The van der Waals surface area contributed by atoms with E-state index in [2.05, 4.69) is 41.6 Å². The van der Waals surface area contributed by atoms with Crippen LogP contribution in [-0.4, -0.2) is 37.1 Å². The zero-order valence-corrected chi connectivity index (χ0v) is 14.6. The van der Waals surface area contributed by atoms with E-state index in [0.29, 0.717) is 0 Å². The molecular formula is C18H32N2S. The van der Waals surface area contributed by atoms with Gasteiger partial charge in [0.05, 0.1) is 0 Å². The van der Waals surface area contributed by atoms with E-state index in [4.69, 9.17) is 0 Å². The van der Waals surface area contributed by atoms with Crippen molar-refractivity contribution >= 4 is 11.3 Å². The van der Waals surface area contributed by atoms with E-state index >= 15 is 0 Å². The molecule has 0 unspecified atom stereocenters. The van der Waals surface area contributed by atoms with Crippen LogP contribution in [0.1, 0.15) is 50.8 Å². The zero-order chi connectivity index (χ0) is 14.9. The molecule has 0 amide bonds. The Bertz CT molecular complexity index is 355. The lowest BCUT2D eigenvalue weighted by molar-refractivity contribution is 0.189. The van der Waals surface area contributed by atoms with Gasteiger partial charge in [0.15, 0.2) is 0 Å². The highest BCUT2D eigenvalue weighted by molar-refractivity contribution is 7.09. The maximum atomic E-state index is 3.63. The van der Waals surface area contributed by atoms with Gasteiger partial charge in [0.1, 0.15) is 0 Å². The Labute approximate surface area is 134 Å². The molecule has 0 spiro atoms. The minimum atomic E-state index is 0.820. The number of hydrogen-bond donors (Lipinski definition) is 1. The Hall–Kier alpha value is -0.380. The van der Waals surface area contributed by atoms with Gasteiger partial charge in [0.25, 0.3) is 0 Å². The van der Waals surface area contributed by atoms with Crippen LogP contribution in [0.3, 0.4) is 0 Å². The molecule has 1 heterocycles. The maximum absolute atomic E-state index is 3.63. The highest BCUT2D eigenvalue weighted by Crippen LogP contribution is 2.23. The van der Waals surface area contributed by atoms with E-state index in [9.17, 15) is 0 Å². The minimum Gasteiger partial charge on any atom is -0.315 e. The van der Waals surface area contributed by atoms with Gasteiger partial charge in [0, 0.05) is 30.6 Å². The average Bonchev–Trinajstić information content (AvgIpc) is 3.14. The molecule has 0 bridgehead atoms. The molecule has 120 valence electrons. The fourth-order valence-electron chi connectivity index (χ4n) is 3.18. The summed E-state index contributed by atoms with van der Waals surface area (Å²) in [5.41, 5.74) is 0. The number of nitrogens with zero attached hydrogens (tertiary/aromatic N) is 1. The topological polar surface area (TPSA) is 15.3 Å². The molecule has 3 heteroatoms. The zero-order valence-electron chi connectivity index (χ0n) is 13.8. The molecule has 1 aliphatic rings. The lowest BCUT2D eigenvalue weighted by atomic mass is 10.1. The first-order chi connectivity index (χ1) is 10.3. The second kappa shape index (κ2) is 9.60. The molecule has 21 heavy (non-hydrogen) atoms. The van der Waals surface area contributed by atoms with Gasteiger partial charge in [0.2, 0.25) is 0 Å². The molecule has 1 aromatic heterocycles. The van der Waals surface area contributed by atoms with Crippen molar-refractivity contribution in [2.24, 2.45) is 5.92 Å². The number of hydrogen-bond acceptors (Lipinski definition) is 3. The summed E-state index contributed by atoms with van der Waals surface area (Å²) in [5.74, 6) is 0.820. The first kappa shape index (κ1) is 17.0. The van der Waals surface area contributed by atoms with Crippen molar-refractivity contribution in [1.82, 2.24) is 10.2 Å². The number of thiophene rings is 1. The molecule has 0 saturated heterocycles. The monoisotopic (exact) mass is 308 g/mol. The van der Waals surface area contributed by atoms with E-state index in [1.165, 1.54) is 56.5 Å². The molecule has 1 saturated carbocycles. The van der Waals surface area contributed by atoms with Gasteiger partial charge in [-0.05, 0) is 49.6 Å². The Morgan fingerprint density at radius 1 is 1.24 bits per heavy atom. The van der Waals surface area contributed by atoms with Gasteiger partial charge in [-0.15, -0.1) is 11.3 Å². The SMILES string of the molecule is CC(C)CCN(CCNCCc1cccs1)C1CCCC1. The Balaban J connectivity index is 1.63. The second-order valence-electron chi connectivity index (χ2n) is 6.74.